The van der Waals surface area contributed by atoms with E-state index >= 15 is 0 Å². The molecule has 0 fully saturated rings. The van der Waals surface area contributed by atoms with Gasteiger partial charge in [0.25, 0.3) is 0 Å². The Morgan fingerprint density at radius 1 is 1.63 bits per heavy atom. The van der Waals surface area contributed by atoms with E-state index in [9.17, 15) is 9.90 Å². The van der Waals surface area contributed by atoms with Crippen molar-refractivity contribution in [2.45, 2.75) is 32.8 Å². The second kappa shape index (κ2) is 7.31. The van der Waals surface area contributed by atoms with E-state index in [0.29, 0.717) is 11.6 Å². The number of hydrogen-bond donors (Lipinski definition) is 2. The van der Waals surface area contributed by atoms with Crippen molar-refractivity contribution in [3.05, 3.63) is 22.5 Å². The lowest BCUT2D eigenvalue weighted by Crippen LogP contribution is -2.30. The predicted molar refractivity (Wildman–Crippen MR) is 75.9 cm³/mol. The highest BCUT2D eigenvalue weighted by atomic mass is 35.5. The molecule has 1 amide bonds. The van der Waals surface area contributed by atoms with Crippen LogP contribution in [0.3, 0.4) is 0 Å². The van der Waals surface area contributed by atoms with Gasteiger partial charge in [-0.25, -0.2) is 0 Å². The Balaban J connectivity index is 2.54. The molecule has 0 spiro atoms. The molecule has 1 unspecified atom stereocenters. The SMILES string of the molecule is CCCC(O)CNC(=O)/C=C/c1c(C)nn(C)c1Cl. The van der Waals surface area contributed by atoms with E-state index in [1.54, 1.807) is 17.8 Å². The summed E-state index contributed by atoms with van der Waals surface area (Å²) in [6, 6.07) is 0. The molecule has 0 aliphatic carbocycles. The number of carbonyl (C=O) groups is 1. The number of rotatable bonds is 6. The van der Waals surface area contributed by atoms with Crippen LogP contribution in [0.15, 0.2) is 6.08 Å². The van der Waals surface area contributed by atoms with Crippen LogP contribution < -0.4 is 5.32 Å². The molecule has 0 bridgehead atoms. The summed E-state index contributed by atoms with van der Waals surface area (Å²) in [6.07, 6.45) is 4.10. The molecule has 0 aliphatic heterocycles. The second-order valence-electron chi connectivity index (χ2n) is 4.43. The monoisotopic (exact) mass is 285 g/mol. The van der Waals surface area contributed by atoms with Crippen molar-refractivity contribution in [1.29, 1.82) is 0 Å². The molecule has 106 valence electrons. The topological polar surface area (TPSA) is 67.2 Å². The highest BCUT2D eigenvalue weighted by molar-refractivity contribution is 6.31. The van der Waals surface area contributed by atoms with Crippen LogP contribution in [0, 0.1) is 6.92 Å². The Morgan fingerprint density at radius 2 is 2.32 bits per heavy atom. The van der Waals surface area contributed by atoms with Gasteiger partial charge in [0.15, 0.2) is 0 Å². The Morgan fingerprint density at radius 3 is 2.84 bits per heavy atom. The minimum atomic E-state index is -0.494. The molecule has 1 aromatic heterocycles. The smallest absolute Gasteiger partial charge is 0.244 e. The normalized spacial score (nSPS) is 12.9. The van der Waals surface area contributed by atoms with Crippen LogP contribution in [0.25, 0.3) is 6.08 Å². The van der Waals surface area contributed by atoms with Crippen molar-refractivity contribution >= 4 is 23.6 Å². The number of nitrogens with one attached hydrogen (secondary N) is 1. The molecule has 1 aromatic rings. The molecule has 6 heteroatoms. The largest absolute Gasteiger partial charge is 0.391 e. The molecule has 1 rings (SSSR count). The first kappa shape index (κ1) is 15.7. The third-order valence-electron chi connectivity index (χ3n) is 2.73. The lowest BCUT2D eigenvalue weighted by Gasteiger charge is -2.08. The zero-order valence-electron chi connectivity index (χ0n) is 11.5. The van der Waals surface area contributed by atoms with E-state index in [1.807, 2.05) is 13.8 Å². The fourth-order valence-corrected chi connectivity index (χ4v) is 1.94. The van der Waals surface area contributed by atoms with E-state index in [1.165, 1.54) is 6.08 Å². The van der Waals surface area contributed by atoms with Crippen LogP contribution in [-0.4, -0.2) is 33.4 Å². The Kier molecular flexibility index (Phi) is 6.05. The molecule has 1 atom stereocenters. The summed E-state index contributed by atoms with van der Waals surface area (Å²) in [5.41, 5.74) is 1.50. The van der Waals surface area contributed by atoms with E-state index in [4.69, 9.17) is 11.6 Å². The zero-order chi connectivity index (χ0) is 14.4. The second-order valence-corrected chi connectivity index (χ2v) is 4.79. The number of amides is 1. The maximum atomic E-state index is 11.6. The molecule has 1 heterocycles. The summed E-state index contributed by atoms with van der Waals surface area (Å²) >= 11 is 6.04. The van der Waals surface area contributed by atoms with Crippen LogP contribution in [-0.2, 0) is 11.8 Å². The highest BCUT2D eigenvalue weighted by Crippen LogP contribution is 2.19. The molecule has 0 saturated carbocycles. The van der Waals surface area contributed by atoms with Crippen LogP contribution in [0.5, 0.6) is 0 Å². The number of hydrogen-bond acceptors (Lipinski definition) is 3. The van der Waals surface area contributed by atoms with Gasteiger partial charge in [0.2, 0.25) is 5.91 Å². The van der Waals surface area contributed by atoms with Gasteiger partial charge in [0, 0.05) is 25.2 Å². The average Bonchev–Trinajstić information content (AvgIpc) is 2.59. The Hall–Kier alpha value is -1.33. The van der Waals surface area contributed by atoms with Crippen LogP contribution in [0.4, 0.5) is 0 Å². The molecule has 19 heavy (non-hydrogen) atoms. The molecule has 0 aliphatic rings. The van der Waals surface area contributed by atoms with Gasteiger partial charge in [0.05, 0.1) is 11.8 Å². The average molecular weight is 286 g/mol. The zero-order valence-corrected chi connectivity index (χ0v) is 12.2. The van der Waals surface area contributed by atoms with Crippen molar-refractivity contribution in [2.75, 3.05) is 6.54 Å². The summed E-state index contributed by atoms with van der Waals surface area (Å²) in [6.45, 7) is 4.07. The molecule has 2 N–H and O–H groups in total. The maximum absolute atomic E-state index is 11.6. The first-order chi connectivity index (χ1) is 8.95. The number of aromatic nitrogens is 2. The van der Waals surface area contributed by atoms with E-state index in [2.05, 4.69) is 10.4 Å². The first-order valence-electron chi connectivity index (χ1n) is 6.28. The van der Waals surface area contributed by atoms with Crippen molar-refractivity contribution in [1.82, 2.24) is 15.1 Å². The third kappa shape index (κ3) is 4.69. The number of aliphatic hydroxyl groups excluding tert-OH is 1. The van der Waals surface area contributed by atoms with Crippen molar-refractivity contribution in [2.24, 2.45) is 7.05 Å². The summed E-state index contributed by atoms with van der Waals surface area (Å²) in [7, 11) is 1.74. The first-order valence-corrected chi connectivity index (χ1v) is 6.66. The van der Waals surface area contributed by atoms with Crippen molar-refractivity contribution in [3.63, 3.8) is 0 Å². The van der Waals surface area contributed by atoms with Gasteiger partial charge in [-0.2, -0.15) is 5.10 Å². The molecule has 0 aromatic carbocycles. The summed E-state index contributed by atoms with van der Waals surface area (Å²) < 4.78 is 1.56. The van der Waals surface area contributed by atoms with Crippen LogP contribution in [0.1, 0.15) is 31.0 Å². The van der Waals surface area contributed by atoms with Crippen molar-refractivity contribution in [3.8, 4) is 0 Å². The summed E-state index contributed by atoms with van der Waals surface area (Å²) in [5.74, 6) is -0.255. The van der Waals surface area contributed by atoms with E-state index in [-0.39, 0.29) is 12.5 Å². The summed E-state index contributed by atoms with van der Waals surface area (Å²) in [5, 5.41) is 16.8. The van der Waals surface area contributed by atoms with Gasteiger partial charge in [-0.05, 0) is 19.4 Å². The minimum absolute atomic E-state index is 0.255. The van der Waals surface area contributed by atoms with Gasteiger partial charge in [-0.3, -0.25) is 9.48 Å². The molecular weight excluding hydrogens is 266 g/mol. The molecule has 0 radical (unpaired) electrons. The van der Waals surface area contributed by atoms with E-state index < -0.39 is 6.10 Å². The molecular formula is C13H20ClN3O2. The predicted octanol–water partition coefficient (Wildman–Crippen LogP) is 1.67. The summed E-state index contributed by atoms with van der Waals surface area (Å²) in [4.78, 5) is 11.6. The Labute approximate surface area is 118 Å². The fourth-order valence-electron chi connectivity index (χ4n) is 1.71. The minimum Gasteiger partial charge on any atom is -0.391 e. The lowest BCUT2D eigenvalue weighted by atomic mass is 10.2. The standard InChI is InChI=1S/C13H20ClN3O2/c1-4-5-10(18)8-15-12(19)7-6-11-9(2)16-17(3)13(11)14/h6-7,10,18H,4-5,8H2,1-3H3,(H,15,19)/b7-6+. The number of nitrogens with zero attached hydrogens (tertiary/aromatic N) is 2. The lowest BCUT2D eigenvalue weighted by molar-refractivity contribution is -0.116. The van der Waals surface area contributed by atoms with Gasteiger partial charge >= 0.3 is 0 Å². The highest BCUT2D eigenvalue weighted by Gasteiger charge is 2.09. The Bertz CT molecular complexity index is 469. The van der Waals surface area contributed by atoms with Crippen LogP contribution >= 0.6 is 11.6 Å². The van der Waals surface area contributed by atoms with E-state index in [0.717, 1.165) is 17.7 Å². The van der Waals surface area contributed by atoms with Gasteiger partial charge < -0.3 is 10.4 Å². The van der Waals surface area contributed by atoms with Crippen LogP contribution in [0.2, 0.25) is 5.15 Å². The number of aryl methyl sites for hydroxylation is 2. The quantitative estimate of drug-likeness (QED) is 0.782. The van der Waals surface area contributed by atoms with Gasteiger partial charge in [-0.15, -0.1) is 0 Å². The number of halogens is 1. The van der Waals surface area contributed by atoms with Gasteiger partial charge in [-0.1, -0.05) is 24.9 Å². The maximum Gasteiger partial charge on any atom is 0.244 e. The van der Waals surface area contributed by atoms with Crippen molar-refractivity contribution < 1.29 is 9.90 Å². The molecule has 5 nitrogen and oxygen atoms in total. The fraction of sp³-hybridized carbons (Fsp3) is 0.538. The molecule has 0 saturated heterocycles. The number of aliphatic hydroxyl groups is 1. The number of carbonyl (C=O) groups excluding carboxylic acids is 1. The third-order valence-corrected chi connectivity index (χ3v) is 3.18. The van der Waals surface area contributed by atoms with Gasteiger partial charge in [0.1, 0.15) is 5.15 Å².